The minimum atomic E-state index is -0.453. The first-order chi connectivity index (χ1) is 8.65. The second-order valence-electron chi connectivity index (χ2n) is 3.72. The fraction of sp³-hybridized carbons (Fsp3) is 0. The van der Waals surface area contributed by atoms with Crippen molar-refractivity contribution in [1.82, 2.24) is 0 Å². The van der Waals surface area contributed by atoms with Crippen molar-refractivity contribution in [2.24, 2.45) is 0 Å². The molecular formula is C13H10FN3O. The van der Waals surface area contributed by atoms with Crippen LogP contribution in [0.5, 0.6) is 0 Å². The largest absolute Gasteiger partial charge is 0.398 e. The maximum absolute atomic E-state index is 13.7. The Bertz CT molecular complexity index is 635. The molecule has 0 saturated heterocycles. The predicted molar refractivity (Wildman–Crippen MR) is 66.4 cm³/mol. The van der Waals surface area contributed by atoms with Crippen LogP contribution < -0.4 is 11.2 Å². The summed E-state index contributed by atoms with van der Waals surface area (Å²) in [4.78, 5) is 0. The second-order valence-corrected chi connectivity index (χ2v) is 3.72. The second kappa shape index (κ2) is 4.73. The first kappa shape index (κ1) is 11.9. The summed E-state index contributed by atoms with van der Waals surface area (Å²) >= 11 is 0. The highest BCUT2D eigenvalue weighted by atomic mass is 19.1. The molecule has 0 unspecified atom stereocenters. The van der Waals surface area contributed by atoms with E-state index >= 15 is 0 Å². The number of nitrogens with zero attached hydrogens (tertiary/aromatic N) is 1. The number of nitrogen functional groups attached to an aromatic ring is 1. The average Bonchev–Trinajstić information content (AvgIpc) is 2.39. The van der Waals surface area contributed by atoms with Crippen LogP contribution in [0.25, 0.3) is 11.1 Å². The number of nitrogens with two attached hydrogens (primary N) is 1. The Hall–Kier alpha value is -2.58. The average molecular weight is 243 g/mol. The summed E-state index contributed by atoms with van der Waals surface area (Å²) in [6, 6.07) is 10.6. The minimum absolute atomic E-state index is 0.260. The SMILES string of the molecule is N#Cc1ccc(-c2cc(NO)ccc2F)c(N)c1. The van der Waals surface area contributed by atoms with Gasteiger partial charge in [-0.15, -0.1) is 0 Å². The van der Waals surface area contributed by atoms with Gasteiger partial charge in [0.25, 0.3) is 0 Å². The fourth-order valence-corrected chi connectivity index (χ4v) is 1.68. The molecule has 0 amide bonds. The van der Waals surface area contributed by atoms with Gasteiger partial charge in [-0.2, -0.15) is 5.26 Å². The summed E-state index contributed by atoms with van der Waals surface area (Å²) in [6.07, 6.45) is 0. The summed E-state index contributed by atoms with van der Waals surface area (Å²) < 4.78 is 13.7. The Morgan fingerprint density at radius 3 is 2.56 bits per heavy atom. The lowest BCUT2D eigenvalue weighted by Gasteiger charge is -2.09. The molecule has 4 N–H and O–H groups in total. The Morgan fingerprint density at radius 2 is 1.94 bits per heavy atom. The Morgan fingerprint density at radius 1 is 1.17 bits per heavy atom. The van der Waals surface area contributed by atoms with Gasteiger partial charge in [0.15, 0.2) is 0 Å². The standard InChI is InChI=1S/C13H10FN3O/c14-12-4-2-9(17-18)6-11(12)10-3-1-8(7-15)5-13(10)16/h1-6,17-18H,16H2. The van der Waals surface area contributed by atoms with Gasteiger partial charge in [0.05, 0.1) is 17.3 Å². The van der Waals surface area contributed by atoms with Gasteiger partial charge in [-0.05, 0) is 30.3 Å². The Kier molecular flexibility index (Phi) is 3.13. The van der Waals surface area contributed by atoms with Crippen LogP contribution in [0.2, 0.25) is 0 Å². The highest BCUT2D eigenvalue weighted by molar-refractivity contribution is 5.79. The van der Waals surface area contributed by atoms with E-state index in [1.54, 1.807) is 12.1 Å². The van der Waals surface area contributed by atoms with E-state index in [4.69, 9.17) is 16.2 Å². The highest BCUT2D eigenvalue weighted by Crippen LogP contribution is 2.30. The topological polar surface area (TPSA) is 82.1 Å². The zero-order valence-corrected chi connectivity index (χ0v) is 9.31. The van der Waals surface area contributed by atoms with Gasteiger partial charge in [-0.3, -0.25) is 10.7 Å². The van der Waals surface area contributed by atoms with Crippen molar-refractivity contribution >= 4 is 11.4 Å². The van der Waals surface area contributed by atoms with Crippen molar-refractivity contribution in [3.63, 3.8) is 0 Å². The molecule has 2 aromatic carbocycles. The summed E-state index contributed by atoms with van der Waals surface area (Å²) in [7, 11) is 0. The fourth-order valence-electron chi connectivity index (χ4n) is 1.68. The molecule has 0 aromatic heterocycles. The van der Waals surface area contributed by atoms with Gasteiger partial charge in [-0.1, -0.05) is 6.07 Å². The molecule has 0 atom stereocenters. The third kappa shape index (κ3) is 2.10. The summed E-state index contributed by atoms with van der Waals surface area (Å²) in [5, 5.41) is 17.5. The summed E-state index contributed by atoms with van der Waals surface area (Å²) in [5.41, 5.74) is 9.55. The van der Waals surface area contributed by atoms with E-state index in [1.807, 2.05) is 11.5 Å². The van der Waals surface area contributed by atoms with Crippen molar-refractivity contribution in [1.29, 1.82) is 5.26 Å². The molecule has 0 aliphatic rings. The van der Waals surface area contributed by atoms with Gasteiger partial charge < -0.3 is 5.73 Å². The molecular weight excluding hydrogens is 233 g/mol. The molecule has 0 radical (unpaired) electrons. The molecule has 90 valence electrons. The molecule has 4 nitrogen and oxygen atoms in total. The quantitative estimate of drug-likeness (QED) is 0.559. The zero-order chi connectivity index (χ0) is 13.1. The van der Waals surface area contributed by atoms with Crippen LogP contribution >= 0.6 is 0 Å². The Labute approximate surface area is 103 Å². The van der Waals surface area contributed by atoms with E-state index in [0.717, 1.165) is 0 Å². The first-order valence-electron chi connectivity index (χ1n) is 5.15. The van der Waals surface area contributed by atoms with E-state index in [9.17, 15) is 4.39 Å². The van der Waals surface area contributed by atoms with Gasteiger partial charge in [0.1, 0.15) is 5.82 Å². The smallest absolute Gasteiger partial charge is 0.131 e. The van der Waals surface area contributed by atoms with Crippen LogP contribution in [-0.4, -0.2) is 5.21 Å². The monoisotopic (exact) mass is 243 g/mol. The van der Waals surface area contributed by atoms with Crippen LogP contribution in [-0.2, 0) is 0 Å². The van der Waals surface area contributed by atoms with Crippen molar-refractivity contribution in [3.05, 3.63) is 47.8 Å². The Balaban J connectivity index is 2.58. The van der Waals surface area contributed by atoms with Gasteiger partial charge in [-0.25, -0.2) is 4.39 Å². The van der Waals surface area contributed by atoms with E-state index in [0.29, 0.717) is 22.5 Å². The van der Waals surface area contributed by atoms with Crippen LogP contribution in [0.4, 0.5) is 15.8 Å². The lowest BCUT2D eigenvalue weighted by atomic mass is 10.0. The van der Waals surface area contributed by atoms with E-state index in [-0.39, 0.29) is 5.56 Å². The third-order valence-electron chi connectivity index (χ3n) is 2.57. The highest BCUT2D eigenvalue weighted by Gasteiger charge is 2.10. The van der Waals surface area contributed by atoms with Crippen LogP contribution in [0, 0.1) is 17.1 Å². The number of rotatable bonds is 2. The molecule has 0 spiro atoms. The molecule has 0 aliphatic carbocycles. The van der Waals surface area contributed by atoms with Crippen molar-refractivity contribution in [2.45, 2.75) is 0 Å². The summed E-state index contributed by atoms with van der Waals surface area (Å²) in [6.45, 7) is 0. The maximum atomic E-state index is 13.7. The lowest BCUT2D eigenvalue weighted by molar-refractivity contribution is 0.389. The van der Waals surface area contributed by atoms with Crippen molar-refractivity contribution in [3.8, 4) is 17.2 Å². The minimum Gasteiger partial charge on any atom is -0.398 e. The molecule has 2 aromatic rings. The number of anilines is 2. The molecule has 0 aliphatic heterocycles. The normalized spacial score (nSPS) is 9.83. The first-order valence-corrected chi connectivity index (χ1v) is 5.15. The zero-order valence-electron chi connectivity index (χ0n) is 9.31. The van der Waals surface area contributed by atoms with Crippen LogP contribution in [0.1, 0.15) is 5.56 Å². The van der Waals surface area contributed by atoms with E-state index in [1.165, 1.54) is 24.3 Å². The van der Waals surface area contributed by atoms with Crippen molar-refractivity contribution < 1.29 is 9.60 Å². The summed E-state index contributed by atoms with van der Waals surface area (Å²) in [5.74, 6) is -0.453. The molecule has 5 heteroatoms. The molecule has 0 saturated carbocycles. The number of nitriles is 1. The molecule has 0 heterocycles. The van der Waals surface area contributed by atoms with Crippen LogP contribution in [0.15, 0.2) is 36.4 Å². The van der Waals surface area contributed by atoms with E-state index in [2.05, 4.69) is 0 Å². The van der Waals surface area contributed by atoms with Crippen LogP contribution in [0.3, 0.4) is 0 Å². The molecule has 18 heavy (non-hydrogen) atoms. The predicted octanol–water partition coefficient (Wildman–Crippen LogP) is 2.75. The molecule has 0 bridgehead atoms. The number of hydrogen-bond acceptors (Lipinski definition) is 4. The lowest BCUT2D eigenvalue weighted by Crippen LogP contribution is -1.95. The number of halogens is 1. The van der Waals surface area contributed by atoms with Gasteiger partial charge in [0, 0.05) is 16.8 Å². The van der Waals surface area contributed by atoms with E-state index < -0.39 is 5.82 Å². The molecule has 0 fully saturated rings. The molecule has 2 rings (SSSR count). The number of hydrogen-bond donors (Lipinski definition) is 3. The number of nitrogens with one attached hydrogen (secondary N) is 1. The maximum Gasteiger partial charge on any atom is 0.131 e. The van der Waals surface area contributed by atoms with Crippen molar-refractivity contribution in [2.75, 3.05) is 11.2 Å². The number of benzene rings is 2. The third-order valence-corrected chi connectivity index (χ3v) is 2.57. The van der Waals surface area contributed by atoms with Gasteiger partial charge >= 0.3 is 0 Å². The van der Waals surface area contributed by atoms with Gasteiger partial charge in [0.2, 0.25) is 0 Å².